The average Bonchev–Trinajstić information content (AvgIpc) is 2.37. The topological polar surface area (TPSA) is 56.0 Å². The zero-order valence-corrected chi connectivity index (χ0v) is 11.4. The quantitative estimate of drug-likeness (QED) is 0.461. The number of aryl methyl sites for hydroxylation is 1. The van der Waals surface area contributed by atoms with Crippen molar-refractivity contribution in [3.05, 3.63) is 56.7 Å². The number of benzene rings is 1. The summed E-state index contributed by atoms with van der Waals surface area (Å²) >= 11 is 5.71. The van der Waals surface area contributed by atoms with Crippen LogP contribution < -0.4 is 0 Å². The SMILES string of the molecule is Cc1cc(C(F)(F)F)ccc1-c1nc(Cl)ccc1[N+](=O)[O-]. The molecule has 2 aromatic rings. The molecule has 1 aromatic carbocycles. The molecule has 4 nitrogen and oxygen atoms in total. The summed E-state index contributed by atoms with van der Waals surface area (Å²) in [5.41, 5.74) is -0.741. The van der Waals surface area contributed by atoms with E-state index in [1.807, 2.05) is 0 Å². The smallest absolute Gasteiger partial charge is 0.258 e. The first-order valence-electron chi connectivity index (χ1n) is 5.69. The van der Waals surface area contributed by atoms with Crippen molar-refractivity contribution < 1.29 is 18.1 Å². The molecule has 0 N–H and O–H groups in total. The van der Waals surface area contributed by atoms with Crippen LogP contribution in [-0.2, 0) is 6.18 Å². The largest absolute Gasteiger partial charge is 0.416 e. The van der Waals surface area contributed by atoms with Gasteiger partial charge in [-0.05, 0) is 30.7 Å². The van der Waals surface area contributed by atoms with Gasteiger partial charge in [0.2, 0.25) is 0 Å². The van der Waals surface area contributed by atoms with Gasteiger partial charge in [-0.15, -0.1) is 0 Å². The van der Waals surface area contributed by atoms with Crippen molar-refractivity contribution in [2.24, 2.45) is 0 Å². The van der Waals surface area contributed by atoms with Crippen LogP contribution in [0.5, 0.6) is 0 Å². The molecular weight excluding hydrogens is 309 g/mol. The molecule has 0 saturated carbocycles. The van der Waals surface area contributed by atoms with Gasteiger partial charge in [-0.3, -0.25) is 10.1 Å². The van der Waals surface area contributed by atoms with E-state index < -0.39 is 16.7 Å². The summed E-state index contributed by atoms with van der Waals surface area (Å²) < 4.78 is 37.9. The Labute approximate surface area is 122 Å². The molecule has 110 valence electrons. The van der Waals surface area contributed by atoms with Crippen molar-refractivity contribution in [3.8, 4) is 11.3 Å². The van der Waals surface area contributed by atoms with Crippen LogP contribution in [0.15, 0.2) is 30.3 Å². The van der Waals surface area contributed by atoms with E-state index in [4.69, 9.17) is 11.6 Å². The van der Waals surface area contributed by atoms with Gasteiger partial charge in [0, 0.05) is 11.6 Å². The van der Waals surface area contributed by atoms with Gasteiger partial charge in [-0.2, -0.15) is 13.2 Å². The van der Waals surface area contributed by atoms with E-state index in [0.29, 0.717) is 0 Å². The third-order valence-corrected chi connectivity index (χ3v) is 3.06. The Morgan fingerprint density at radius 3 is 2.43 bits per heavy atom. The molecular formula is C13H8ClF3N2O2. The van der Waals surface area contributed by atoms with Crippen LogP contribution in [-0.4, -0.2) is 9.91 Å². The number of hydrogen-bond donors (Lipinski definition) is 0. The highest BCUT2D eigenvalue weighted by Gasteiger charge is 2.31. The van der Waals surface area contributed by atoms with Gasteiger partial charge in [0.25, 0.3) is 5.69 Å². The average molecular weight is 317 g/mol. The van der Waals surface area contributed by atoms with Crippen LogP contribution in [0.2, 0.25) is 5.15 Å². The normalized spacial score (nSPS) is 11.5. The number of rotatable bonds is 2. The maximum Gasteiger partial charge on any atom is 0.416 e. The highest BCUT2D eigenvalue weighted by molar-refractivity contribution is 6.29. The molecule has 0 aliphatic rings. The molecule has 0 aliphatic heterocycles. The van der Waals surface area contributed by atoms with Crippen LogP contribution in [0.25, 0.3) is 11.3 Å². The number of nitro groups is 1. The molecule has 0 saturated heterocycles. The molecule has 2 rings (SSSR count). The number of pyridine rings is 1. The van der Waals surface area contributed by atoms with Crippen molar-refractivity contribution in [1.82, 2.24) is 4.98 Å². The lowest BCUT2D eigenvalue weighted by Crippen LogP contribution is -2.05. The fraction of sp³-hybridized carbons (Fsp3) is 0.154. The zero-order chi connectivity index (χ0) is 15.8. The Bertz CT molecular complexity index is 717. The minimum Gasteiger partial charge on any atom is -0.258 e. The maximum atomic E-state index is 12.6. The third-order valence-electron chi connectivity index (χ3n) is 2.85. The molecule has 8 heteroatoms. The van der Waals surface area contributed by atoms with Gasteiger partial charge in [0.1, 0.15) is 10.8 Å². The molecule has 0 radical (unpaired) electrons. The predicted molar refractivity (Wildman–Crippen MR) is 71.1 cm³/mol. The molecule has 0 fully saturated rings. The predicted octanol–water partition coefficient (Wildman–Crippen LogP) is 4.64. The summed E-state index contributed by atoms with van der Waals surface area (Å²) in [7, 11) is 0. The molecule has 1 heterocycles. The van der Waals surface area contributed by atoms with Crippen molar-refractivity contribution >= 4 is 17.3 Å². The highest BCUT2D eigenvalue weighted by atomic mass is 35.5. The van der Waals surface area contributed by atoms with Crippen LogP contribution in [0, 0.1) is 17.0 Å². The van der Waals surface area contributed by atoms with Crippen LogP contribution >= 0.6 is 11.6 Å². The molecule has 1 aromatic heterocycles. The summed E-state index contributed by atoms with van der Waals surface area (Å²) in [6, 6.07) is 5.35. The second-order valence-corrected chi connectivity index (χ2v) is 4.67. The molecule has 0 unspecified atom stereocenters. The van der Waals surface area contributed by atoms with Crippen molar-refractivity contribution in [2.45, 2.75) is 13.1 Å². The van der Waals surface area contributed by atoms with Crippen LogP contribution in [0.1, 0.15) is 11.1 Å². The van der Waals surface area contributed by atoms with E-state index in [1.165, 1.54) is 19.1 Å². The first-order valence-corrected chi connectivity index (χ1v) is 6.07. The van der Waals surface area contributed by atoms with E-state index in [0.717, 1.165) is 18.2 Å². The molecule has 21 heavy (non-hydrogen) atoms. The number of aromatic nitrogens is 1. The Morgan fingerprint density at radius 2 is 1.90 bits per heavy atom. The minimum absolute atomic E-state index is 0.0231. The lowest BCUT2D eigenvalue weighted by Gasteiger charge is -2.11. The van der Waals surface area contributed by atoms with Gasteiger partial charge >= 0.3 is 6.18 Å². The van der Waals surface area contributed by atoms with Crippen molar-refractivity contribution in [3.63, 3.8) is 0 Å². The van der Waals surface area contributed by atoms with E-state index >= 15 is 0 Å². The summed E-state index contributed by atoms with van der Waals surface area (Å²) in [4.78, 5) is 14.2. The Kier molecular flexibility index (Phi) is 3.87. The molecule has 0 amide bonds. The molecule has 0 spiro atoms. The van der Waals surface area contributed by atoms with E-state index in [2.05, 4.69) is 4.98 Å². The summed E-state index contributed by atoms with van der Waals surface area (Å²) in [6.07, 6.45) is -4.48. The molecule has 0 atom stereocenters. The molecule has 0 bridgehead atoms. The van der Waals surface area contributed by atoms with Gasteiger partial charge in [-0.25, -0.2) is 4.98 Å². The summed E-state index contributed by atoms with van der Waals surface area (Å²) in [5, 5.41) is 11.0. The Balaban J connectivity index is 2.63. The molecule has 0 aliphatic carbocycles. The monoisotopic (exact) mass is 316 g/mol. The van der Waals surface area contributed by atoms with Gasteiger partial charge in [0.05, 0.1) is 10.5 Å². The zero-order valence-electron chi connectivity index (χ0n) is 10.6. The van der Waals surface area contributed by atoms with E-state index in [9.17, 15) is 23.3 Å². The third kappa shape index (κ3) is 3.13. The fourth-order valence-corrected chi connectivity index (χ4v) is 2.03. The van der Waals surface area contributed by atoms with E-state index in [-0.39, 0.29) is 27.7 Å². The van der Waals surface area contributed by atoms with Crippen LogP contribution in [0.3, 0.4) is 0 Å². The number of hydrogen-bond acceptors (Lipinski definition) is 3. The van der Waals surface area contributed by atoms with Crippen molar-refractivity contribution in [1.29, 1.82) is 0 Å². The Morgan fingerprint density at radius 1 is 1.24 bits per heavy atom. The van der Waals surface area contributed by atoms with Crippen LogP contribution in [0.4, 0.5) is 18.9 Å². The van der Waals surface area contributed by atoms with E-state index in [1.54, 1.807) is 0 Å². The number of alkyl halides is 3. The lowest BCUT2D eigenvalue weighted by molar-refractivity contribution is -0.384. The van der Waals surface area contributed by atoms with Crippen molar-refractivity contribution in [2.75, 3.05) is 0 Å². The number of nitrogens with zero attached hydrogens (tertiary/aromatic N) is 2. The number of halogens is 4. The second kappa shape index (κ2) is 5.33. The standard InChI is InChI=1S/C13H8ClF3N2O2/c1-7-6-8(13(15,16)17)2-3-9(7)12-10(19(20)21)4-5-11(14)18-12/h2-6H,1H3. The van der Waals surface area contributed by atoms with Gasteiger partial charge in [0.15, 0.2) is 0 Å². The van der Waals surface area contributed by atoms with Gasteiger partial charge in [-0.1, -0.05) is 17.7 Å². The maximum absolute atomic E-state index is 12.6. The summed E-state index contributed by atoms with van der Waals surface area (Å²) in [5.74, 6) is 0. The minimum atomic E-state index is -4.48. The first kappa shape index (κ1) is 15.2. The Hall–Kier alpha value is -2.15. The highest BCUT2D eigenvalue weighted by Crippen LogP contribution is 2.35. The lowest BCUT2D eigenvalue weighted by atomic mass is 10.0. The second-order valence-electron chi connectivity index (χ2n) is 4.29. The van der Waals surface area contributed by atoms with Gasteiger partial charge < -0.3 is 0 Å². The summed E-state index contributed by atoms with van der Waals surface area (Å²) in [6.45, 7) is 1.43. The first-order chi connectivity index (χ1) is 9.70. The fourth-order valence-electron chi connectivity index (χ4n) is 1.88.